The SMILES string of the molecule is CCCCCCCCC(C)OC(=O)C1CC1c1ccccc1. The molecule has 1 aliphatic rings. The average molecular weight is 302 g/mol. The van der Waals surface area contributed by atoms with Crippen LogP contribution in [0.25, 0.3) is 0 Å². The van der Waals surface area contributed by atoms with Crippen molar-refractivity contribution in [2.45, 2.75) is 77.2 Å². The van der Waals surface area contributed by atoms with Crippen LogP contribution < -0.4 is 0 Å². The van der Waals surface area contributed by atoms with E-state index in [9.17, 15) is 4.79 Å². The maximum Gasteiger partial charge on any atom is 0.309 e. The van der Waals surface area contributed by atoms with Crippen LogP contribution in [0.4, 0.5) is 0 Å². The second-order valence-corrected chi connectivity index (χ2v) is 6.66. The maximum absolute atomic E-state index is 12.2. The Kier molecular flexibility index (Phi) is 6.95. The average Bonchev–Trinajstić information content (AvgIpc) is 3.32. The number of rotatable bonds is 10. The summed E-state index contributed by atoms with van der Waals surface area (Å²) < 4.78 is 5.61. The number of ether oxygens (including phenoxy) is 1. The summed E-state index contributed by atoms with van der Waals surface area (Å²) in [5.74, 6) is 0.483. The molecule has 3 atom stereocenters. The number of benzene rings is 1. The van der Waals surface area contributed by atoms with Crippen LogP contribution in [0, 0.1) is 5.92 Å². The summed E-state index contributed by atoms with van der Waals surface area (Å²) >= 11 is 0. The minimum Gasteiger partial charge on any atom is -0.462 e. The molecule has 0 radical (unpaired) electrons. The van der Waals surface area contributed by atoms with Gasteiger partial charge in [-0.3, -0.25) is 4.79 Å². The van der Waals surface area contributed by atoms with Gasteiger partial charge in [0.15, 0.2) is 0 Å². The Balaban J connectivity index is 1.59. The summed E-state index contributed by atoms with van der Waals surface area (Å²) in [6.07, 6.45) is 9.73. The van der Waals surface area contributed by atoms with Crippen LogP contribution in [0.15, 0.2) is 30.3 Å². The Hall–Kier alpha value is -1.31. The predicted molar refractivity (Wildman–Crippen MR) is 90.8 cm³/mol. The van der Waals surface area contributed by atoms with Gasteiger partial charge in [-0.2, -0.15) is 0 Å². The van der Waals surface area contributed by atoms with E-state index >= 15 is 0 Å². The van der Waals surface area contributed by atoms with E-state index in [4.69, 9.17) is 4.74 Å². The summed E-state index contributed by atoms with van der Waals surface area (Å²) in [5, 5.41) is 0. The summed E-state index contributed by atoms with van der Waals surface area (Å²) in [6, 6.07) is 10.3. The highest BCUT2D eigenvalue weighted by Gasteiger charge is 2.45. The molecular weight excluding hydrogens is 272 g/mol. The molecule has 1 aromatic rings. The van der Waals surface area contributed by atoms with E-state index in [1.54, 1.807) is 0 Å². The maximum atomic E-state index is 12.2. The molecule has 122 valence electrons. The van der Waals surface area contributed by atoms with Gasteiger partial charge < -0.3 is 4.74 Å². The van der Waals surface area contributed by atoms with Crippen LogP contribution in [0.5, 0.6) is 0 Å². The van der Waals surface area contributed by atoms with E-state index in [1.807, 2.05) is 25.1 Å². The molecule has 2 nitrogen and oxygen atoms in total. The number of carbonyl (C=O) groups is 1. The van der Waals surface area contributed by atoms with Gasteiger partial charge in [-0.25, -0.2) is 0 Å². The second kappa shape index (κ2) is 8.97. The smallest absolute Gasteiger partial charge is 0.309 e. The van der Waals surface area contributed by atoms with Crippen LogP contribution in [-0.4, -0.2) is 12.1 Å². The molecule has 1 aliphatic carbocycles. The Bertz CT molecular complexity index is 440. The lowest BCUT2D eigenvalue weighted by Gasteiger charge is -2.13. The van der Waals surface area contributed by atoms with Crippen molar-refractivity contribution >= 4 is 5.97 Å². The zero-order valence-corrected chi connectivity index (χ0v) is 14.1. The molecule has 3 unspecified atom stereocenters. The monoisotopic (exact) mass is 302 g/mol. The van der Waals surface area contributed by atoms with Crippen molar-refractivity contribution in [1.29, 1.82) is 0 Å². The van der Waals surface area contributed by atoms with E-state index in [1.165, 1.54) is 44.1 Å². The highest BCUT2D eigenvalue weighted by atomic mass is 16.5. The van der Waals surface area contributed by atoms with Gasteiger partial charge in [-0.1, -0.05) is 69.4 Å². The highest BCUT2D eigenvalue weighted by Crippen LogP contribution is 2.48. The zero-order valence-electron chi connectivity index (χ0n) is 14.1. The fourth-order valence-corrected chi connectivity index (χ4v) is 3.08. The molecule has 1 fully saturated rings. The third-order valence-corrected chi connectivity index (χ3v) is 4.60. The molecular formula is C20H30O2. The van der Waals surface area contributed by atoms with Gasteiger partial charge in [0, 0.05) is 0 Å². The number of hydrogen-bond donors (Lipinski definition) is 0. The van der Waals surface area contributed by atoms with E-state index in [0.29, 0.717) is 5.92 Å². The van der Waals surface area contributed by atoms with E-state index in [-0.39, 0.29) is 18.0 Å². The summed E-state index contributed by atoms with van der Waals surface area (Å²) in [5.41, 5.74) is 1.27. The molecule has 2 rings (SSSR count). The zero-order chi connectivity index (χ0) is 15.8. The van der Waals surface area contributed by atoms with Gasteiger partial charge in [0.25, 0.3) is 0 Å². The fraction of sp³-hybridized carbons (Fsp3) is 0.650. The molecule has 0 N–H and O–H groups in total. The predicted octanol–water partition coefficient (Wildman–Crippen LogP) is 5.47. The molecule has 1 aromatic carbocycles. The van der Waals surface area contributed by atoms with Crippen molar-refractivity contribution in [3.8, 4) is 0 Å². The molecule has 0 spiro atoms. The van der Waals surface area contributed by atoms with Crippen molar-refractivity contribution in [2.24, 2.45) is 5.92 Å². The van der Waals surface area contributed by atoms with Crippen molar-refractivity contribution < 1.29 is 9.53 Å². The quantitative estimate of drug-likeness (QED) is 0.423. The number of hydrogen-bond acceptors (Lipinski definition) is 2. The third-order valence-electron chi connectivity index (χ3n) is 4.60. The van der Waals surface area contributed by atoms with E-state index in [2.05, 4.69) is 19.1 Å². The molecule has 0 heterocycles. The Morgan fingerprint density at radius 1 is 1.14 bits per heavy atom. The van der Waals surface area contributed by atoms with E-state index in [0.717, 1.165) is 12.8 Å². The second-order valence-electron chi connectivity index (χ2n) is 6.66. The Morgan fingerprint density at radius 2 is 1.82 bits per heavy atom. The first kappa shape index (κ1) is 17.1. The van der Waals surface area contributed by atoms with Crippen LogP contribution >= 0.6 is 0 Å². The minimum atomic E-state index is 0.00679. The van der Waals surface area contributed by atoms with Crippen molar-refractivity contribution in [2.75, 3.05) is 0 Å². The molecule has 0 aliphatic heterocycles. The number of carbonyl (C=O) groups excluding carboxylic acids is 1. The van der Waals surface area contributed by atoms with Crippen molar-refractivity contribution in [1.82, 2.24) is 0 Å². The standard InChI is InChI=1S/C20H30O2/c1-3-4-5-6-7-9-12-16(2)22-20(21)19-15-18(19)17-13-10-8-11-14-17/h8,10-11,13-14,16,18-19H,3-7,9,12,15H2,1-2H3. The first-order chi connectivity index (χ1) is 10.7. The lowest BCUT2D eigenvalue weighted by atomic mass is 10.1. The van der Waals surface area contributed by atoms with Gasteiger partial charge in [0.2, 0.25) is 0 Å². The number of esters is 1. The first-order valence-electron chi connectivity index (χ1n) is 8.97. The van der Waals surface area contributed by atoms with Gasteiger partial charge in [0.05, 0.1) is 12.0 Å². The minimum absolute atomic E-state index is 0.00679. The Labute approximate surface area is 135 Å². The first-order valence-corrected chi connectivity index (χ1v) is 8.97. The molecule has 0 bridgehead atoms. The van der Waals surface area contributed by atoms with E-state index < -0.39 is 0 Å². The topological polar surface area (TPSA) is 26.3 Å². The lowest BCUT2D eigenvalue weighted by molar-refractivity contribution is -0.150. The highest BCUT2D eigenvalue weighted by molar-refractivity contribution is 5.77. The lowest BCUT2D eigenvalue weighted by Crippen LogP contribution is -2.16. The molecule has 0 aromatic heterocycles. The van der Waals surface area contributed by atoms with Crippen molar-refractivity contribution in [3.05, 3.63) is 35.9 Å². The summed E-state index contributed by atoms with van der Waals surface area (Å²) in [6.45, 7) is 4.27. The molecule has 1 saturated carbocycles. The van der Waals surface area contributed by atoms with Gasteiger partial charge >= 0.3 is 5.97 Å². The molecule has 0 saturated heterocycles. The number of unbranched alkanes of at least 4 members (excludes halogenated alkanes) is 5. The summed E-state index contributed by atoms with van der Waals surface area (Å²) in [7, 11) is 0. The van der Waals surface area contributed by atoms with Crippen LogP contribution in [0.1, 0.15) is 76.7 Å². The van der Waals surface area contributed by atoms with Crippen LogP contribution in [-0.2, 0) is 9.53 Å². The normalized spacial score (nSPS) is 21.4. The van der Waals surface area contributed by atoms with Crippen LogP contribution in [0.3, 0.4) is 0 Å². The fourth-order valence-electron chi connectivity index (χ4n) is 3.08. The molecule has 0 amide bonds. The largest absolute Gasteiger partial charge is 0.462 e. The van der Waals surface area contributed by atoms with Crippen molar-refractivity contribution in [3.63, 3.8) is 0 Å². The van der Waals surface area contributed by atoms with Gasteiger partial charge in [-0.05, 0) is 37.7 Å². The Morgan fingerprint density at radius 3 is 2.55 bits per heavy atom. The molecule has 22 heavy (non-hydrogen) atoms. The molecule has 2 heteroatoms. The third kappa shape index (κ3) is 5.47. The summed E-state index contributed by atoms with van der Waals surface area (Å²) in [4.78, 5) is 12.2. The van der Waals surface area contributed by atoms with Crippen LogP contribution in [0.2, 0.25) is 0 Å². The van der Waals surface area contributed by atoms with Gasteiger partial charge in [0.1, 0.15) is 0 Å². The van der Waals surface area contributed by atoms with Gasteiger partial charge in [-0.15, -0.1) is 0 Å².